The molecule has 1 fully saturated rings. The Labute approximate surface area is 155 Å². The van der Waals surface area contributed by atoms with Crippen molar-refractivity contribution in [3.63, 3.8) is 0 Å². The van der Waals surface area contributed by atoms with Crippen LogP contribution < -0.4 is 4.74 Å². The fraction of sp³-hybridized carbons (Fsp3) is 0.429. The molecular formula is C21H21F5O. The van der Waals surface area contributed by atoms with E-state index >= 15 is 0 Å². The second-order valence-corrected chi connectivity index (χ2v) is 7.07. The second-order valence-electron chi connectivity index (χ2n) is 7.07. The molecule has 0 heterocycles. The van der Waals surface area contributed by atoms with Gasteiger partial charge in [-0.3, -0.25) is 0 Å². The van der Waals surface area contributed by atoms with E-state index in [0.29, 0.717) is 43.2 Å². The minimum absolute atomic E-state index is 0.0665. The molecule has 0 bridgehead atoms. The molecule has 1 saturated carbocycles. The Hall–Kier alpha value is -2.11. The van der Waals surface area contributed by atoms with E-state index in [4.69, 9.17) is 4.74 Å². The van der Waals surface area contributed by atoms with Crippen LogP contribution in [0.2, 0.25) is 0 Å². The summed E-state index contributed by atoms with van der Waals surface area (Å²) in [6, 6.07) is 4.62. The summed E-state index contributed by atoms with van der Waals surface area (Å²) in [6.07, 6.45) is 3.22. The highest BCUT2D eigenvalue weighted by atomic mass is 19.2. The standard InChI is InChI=1S/C21H21F5O/c1-2-12-7-18(24)21(19(25)8-12)27-11-13-3-5-14(6-4-13)15-9-16(22)20(26)17(23)10-15/h7-10,13-14H,2-6,11H2,1H3. The van der Waals surface area contributed by atoms with Gasteiger partial charge in [0, 0.05) is 0 Å². The van der Waals surface area contributed by atoms with E-state index < -0.39 is 29.1 Å². The van der Waals surface area contributed by atoms with Gasteiger partial charge in [0.25, 0.3) is 0 Å². The summed E-state index contributed by atoms with van der Waals surface area (Å²) in [5, 5.41) is 0. The van der Waals surface area contributed by atoms with Gasteiger partial charge in [-0.05, 0) is 79.3 Å². The van der Waals surface area contributed by atoms with Gasteiger partial charge in [-0.15, -0.1) is 0 Å². The number of hydrogen-bond acceptors (Lipinski definition) is 1. The number of ether oxygens (including phenoxy) is 1. The van der Waals surface area contributed by atoms with Crippen LogP contribution in [0, 0.1) is 35.0 Å². The highest BCUT2D eigenvalue weighted by Gasteiger charge is 2.25. The van der Waals surface area contributed by atoms with E-state index in [-0.39, 0.29) is 24.2 Å². The van der Waals surface area contributed by atoms with Gasteiger partial charge in [0.15, 0.2) is 34.8 Å². The van der Waals surface area contributed by atoms with E-state index in [1.165, 1.54) is 12.1 Å². The molecule has 0 aliphatic heterocycles. The molecule has 146 valence electrons. The molecule has 0 radical (unpaired) electrons. The molecule has 3 rings (SSSR count). The summed E-state index contributed by atoms with van der Waals surface area (Å²) in [4.78, 5) is 0. The summed E-state index contributed by atoms with van der Waals surface area (Å²) in [5.74, 6) is -5.58. The lowest BCUT2D eigenvalue weighted by molar-refractivity contribution is 0.187. The van der Waals surface area contributed by atoms with E-state index in [1.54, 1.807) is 0 Å². The molecule has 1 aliphatic carbocycles. The number of hydrogen-bond donors (Lipinski definition) is 0. The average molecular weight is 384 g/mol. The Morgan fingerprint density at radius 3 is 1.89 bits per heavy atom. The molecule has 0 atom stereocenters. The summed E-state index contributed by atoms with van der Waals surface area (Å²) in [5.41, 5.74) is 1.01. The largest absolute Gasteiger partial charge is 0.487 e. The lowest BCUT2D eigenvalue weighted by atomic mass is 9.79. The van der Waals surface area contributed by atoms with Gasteiger partial charge >= 0.3 is 0 Å². The first-order valence-electron chi connectivity index (χ1n) is 9.14. The molecule has 0 aromatic heterocycles. The smallest absolute Gasteiger partial charge is 0.194 e. The Morgan fingerprint density at radius 2 is 1.37 bits per heavy atom. The first-order valence-corrected chi connectivity index (χ1v) is 9.14. The number of aryl methyl sites for hydroxylation is 1. The number of halogens is 5. The van der Waals surface area contributed by atoms with E-state index in [9.17, 15) is 22.0 Å². The molecule has 2 aromatic rings. The minimum atomic E-state index is -1.46. The SMILES string of the molecule is CCc1cc(F)c(OCC2CCC(c3cc(F)c(F)c(F)c3)CC2)c(F)c1. The van der Waals surface area contributed by atoms with Crippen LogP contribution in [0.25, 0.3) is 0 Å². The van der Waals surface area contributed by atoms with E-state index in [0.717, 1.165) is 12.1 Å². The molecule has 2 aromatic carbocycles. The third-order valence-corrected chi connectivity index (χ3v) is 5.25. The van der Waals surface area contributed by atoms with Crippen molar-refractivity contribution in [1.82, 2.24) is 0 Å². The van der Waals surface area contributed by atoms with Gasteiger partial charge in [0.1, 0.15) is 0 Å². The highest BCUT2D eigenvalue weighted by Crippen LogP contribution is 2.37. The zero-order chi connectivity index (χ0) is 19.6. The molecule has 0 amide bonds. The third-order valence-electron chi connectivity index (χ3n) is 5.25. The van der Waals surface area contributed by atoms with Crippen molar-refractivity contribution in [2.24, 2.45) is 5.92 Å². The maximum absolute atomic E-state index is 14.0. The fourth-order valence-electron chi connectivity index (χ4n) is 3.63. The van der Waals surface area contributed by atoms with E-state index in [1.807, 2.05) is 6.92 Å². The fourth-order valence-corrected chi connectivity index (χ4v) is 3.63. The van der Waals surface area contributed by atoms with Crippen molar-refractivity contribution in [3.8, 4) is 5.75 Å². The summed E-state index contributed by atoms with van der Waals surface area (Å²) in [7, 11) is 0. The number of benzene rings is 2. The zero-order valence-corrected chi connectivity index (χ0v) is 15.0. The lowest BCUT2D eigenvalue weighted by Crippen LogP contribution is -2.20. The molecule has 1 aliphatic rings. The Bertz CT molecular complexity index is 766. The van der Waals surface area contributed by atoms with Gasteiger partial charge in [-0.1, -0.05) is 6.92 Å². The van der Waals surface area contributed by atoms with Crippen molar-refractivity contribution in [3.05, 3.63) is 64.5 Å². The molecule has 0 saturated heterocycles. The maximum Gasteiger partial charge on any atom is 0.194 e. The van der Waals surface area contributed by atoms with E-state index in [2.05, 4.69) is 0 Å². The molecule has 6 heteroatoms. The van der Waals surface area contributed by atoms with Gasteiger partial charge in [-0.25, -0.2) is 22.0 Å². The minimum Gasteiger partial charge on any atom is -0.487 e. The first-order chi connectivity index (χ1) is 12.9. The molecule has 0 N–H and O–H groups in total. The first kappa shape index (κ1) is 19.6. The Morgan fingerprint density at radius 1 is 0.815 bits per heavy atom. The van der Waals surface area contributed by atoms with Crippen LogP contribution in [0.15, 0.2) is 24.3 Å². The molecular weight excluding hydrogens is 363 g/mol. The molecule has 1 nitrogen and oxygen atoms in total. The number of rotatable bonds is 5. The summed E-state index contributed by atoms with van der Waals surface area (Å²) < 4.78 is 73.2. The van der Waals surface area contributed by atoms with Crippen molar-refractivity contribution < 1.29 is 26.7 Å². The van der Waals surface area contributed by atoms with Crippen LogP contribution in [0.1, 0.15) is 49.7 Å². The van der Waals surface area contributed by atoms with Crippen LogP contribution in [0.3, 0.4) is 0 Å². The third kappa shape index (κ3) is 4.42. The van der Waals surface area contributed by atoms with Crippen LogP contribution in [0.5, 0.6) is 5.75 Å². The van der Waals surface area contributed by atoms with Gasteiger partial charge in [0.2, 0.25) is 0 Å². The van der Waals surface area contributed by atoms with Crippen molar-refractivity contribution in [1.29, 1.82) is 0 Å². The molecule has 27 heavy (non-hydrogen) atoms. The zero-order valence-electron chi connectivity index (χ0n) is 15.0. The van der Waals surface area contributed by atoms with Gasteiger partial charge in [0.05, 0.1) is 6.61 Å². The summed E-state index contributed by atoms with van der Waals surface area (Å²) in [6.45, 7) is 1.99. The predicted octanol–water partition coefficient (Wildman–Crippen LogP) is 6.30. The Balaban J connectivity index is 1.58. The summed E-state index contributed by atoms with van der Waals surface area (Å²) >= 11 is 0. The quantitative estimate of drug-likeness (QED) is 0.434. The normalized spacial score (nSPS) is 19.9. The monoisotopic (exact) mass is 384 g/mol. The molecule has 0 unspecified atom stereocenters. The van der Waals surface area contributed by atoms with Gasteiger partial charge in [-0.2, -0.15) is 0 Å². The van der Waals surface area contributed by atoms with Crippen LogP contribution in [0.4, 0.5) is 22.0 Å². The highest BCUT2D eigenvalue weighted by molar-refractivity contribution is 5.31. The van der Waals surface area contributed by atoms with Crippen molar-refractivity contribution >= 4 is 0 Å². The van der Waals surface area contributed by atoms with Gasteiger partial charge < -0.3 is 4.74 Å². The van der Waals surface area contributed by atoms with Crippen LogP contribution >= 0.6 is 0 Å². The van der Waals surface area contributed by atoms with Crippen LogP contribution in [-0.4, -0.2) is 6.61 Å². The van der Waals surface area contributed by atoms with Crippen molar-refractivity contribution in [2.75, 3.05) is 6.61 Å². The van der Waals surface area contributed by atoms with Crippen molar-refractivity contribution in [2.45, 2.75) is 44.9 Å². The lowest BCUT2D eigenvalue weighted by Gasteiger charge is -2.29. The Kier molecular flexibility index (Phi) is 6.02. The topological polar surface area (TPSA) is 9.23 Å². The average Bonchev–Trinajstić information content (AvgIpc) is 2.65. The second kappa shape index (κ2) is 8.28. The predicted molar refractivity (Wildman–Crippen MR) is 92.2 cm³/mol. The molecule has 0 spiro atoms. The van der Waals surface area contributed by atoms with Crippen LogP contribution in [-0.2, 0) is 6.42 Å². The maximum atomic E-state index is 14.0.